The summed E-state index contributed by atoms with van der Waals surface area (Å²) >= 11 is 0. The highest BCUT2D eigenvalue weighted by Gasteiger charge is 2.15. The zero-order chi connectivity index (χ0) is 16.8. The molecule has 0 amide bonds. The van der Waals surface area contributed by atoms with Gasteiger partial charge in [0.2, 0.25) is 16.0 Å². The fourth-order valence-corrected chi connectivity index (χ4v) is 2.77. The maximum absolute atomic E-state index is 14.1. The van der Waals surface area contributed by atoms with E-state index < -0.39 is 15.8 Å². The molecule has 120 valence electrons. The number of halogens is 1. The van der Waals surface area contributed by atoms with E-state index in [1.165, 1.54) is 23.0 Å². The van der Waals surface area contributed by atoms with Gasteiger partial charge in [0.25, 0.3) is 0 Å². The largest absolute Gasteiger partial charge is 0.368 e. The molecule has 1 aromatic carbocycles. The Morgan fingerprint density at radius 2 is 2.09 bits per heavy atom. The summed E-state index contributed by atoms with van der Waals surface area (Å²) in [5.74, 6) is -0.589. The van der Waals surface area contributed by atoms with Crippen molar-refractivity contribution in [3.8, 4) is 11.3 Å². The highest BCUT2D eigenvalue weighted by molar-refractivity contribution is 7.92. The molecule has 0 atom stereocenters. The first-order valence-electron chi connectivity index (χ1n) is 6.47. The third-order valence-corrected chi connectivity index (χ3v) is 3.73. The van der Waals surface area contributed by atoms with Crippen LogP contribution in [0.3, 0.4) is 0 Å². The number of fused-ring (bicyclic) bond motifs is 1. The molecule has 2 aromatic heterocycles. The number of sulfonamides is 1. The van der Waals surface area contributed by atoms with Gasteiger partial charge in [-0.15, -0.1) is 0 Å². The number of aromatic nitrogens is 4. The van der Waals surface area contributed by atoms with Gasteiger partial charge in [0.05, 0.1) is 17.3 Å². The van der Waals surface area contributed by atoms with Crippen molar-refractivity contribution in [1.29, 1.82) is 0 Å². The van der Waals surface area contributed by atoms with Gasteiger partial charge in [-0.05, 0) is 12.1 Å². The summed E-state index contributed by atoms with van der Waals surface area (Å²) in [6.45, 7) is 0. The molecule has 0 saturated heterocycles. The molecule has 0 unspecified atom stereocenters. The van der Waals surface area contributed by atoms with Crippen LogP contribution in [0, 0.1) is 5.82 Å². The van der Waals surface area contributed by atoms with Gasteiger partial charge in [0.15, 0.2) is 5.65 Å². The minimum atomic E-state index is -3.56. The van der Waals surface area contributed by atoms with Crippen LogP contribution in [0.2, 0.25) is 0 Å². The van der Waals surface area contributed by atoms with E-state index in [-0.39, 0.29) is 11.6 Å². The maximum Gasteiger partial charge on any atom is 0.229 e. The van der Waals surface area contributed by atoms with Gasteiger partial charge in [0.1, 0.15) is 11.5 Å². The van der Waals surface area contributed by atoms with Crippen molar-refractivity contribution in [3.63, 3.8) is 0 Å². The SMILES string of the molecule is Cn1nc(-c2ccc(NS(C)(=O)=O)c(F)c2)c2cnc(N)nc21. The number of anilines is 2. The van der Waals surface area contributed by atoms with Crippen molar-refractivity contribution in [2.24, 2.45) is 7.05 Å². The third-order valence-electron chi connectivity index (χ3n) is 3.14. The Labute approximate surface area is 131 Å². The van der Waals surface area contributed by atoms with Gasteiger partial charge in [0, 0.05) is 18.8 Å². The quantitative estimate of drug-likeness (QED) is 0.740. The van der Waals surface area contributed by atoms with Crippen LogP contribution in [0.1, 0.15) is 0 Å². The number of rotatable bonds is 3. The molecular weight excluding hydrogens is 323 g/mol. The van der Waals surface area contributed by atoms with Gasteiger partial charge in [-0.3, -0.25) is 4.72 Å². The van der Waals surface area contributed by atoms with E-state index in [1.807, 2.05) is 0 Å². The molecule has 3 rings (SSSR count). The van der Waals surface area contributed by atoms with Crippen LogP contribution < -0.4 is 10.5 Å². The van der Waals surface area contributed by atoms with E-state index >= 15 is 0 Å². The van der Waals surface area contributed by atoms with Crippen LogP contribution >= 0.6 is 0 Å². The molecule has 0 aliphatic rings. The van der Waals surface area contributed by atoms with Crippen LogP contribution in [0.5, 0.6) is 0 Å². The summed E-state index contributed by atoms with van der Waals surface area (Å²) < 4.78 is 40.1. The van der Waals surface area contributed by atoms with Crippen molar-refractivity contribution in [2.45, 2.75) is 0 Å². The van der Waals surface area contributed by atoms with E-state index in [1.54, 1.807) is 13.1 Å². The second-order valence-electron chi connectivity index (χ2n) is 5.01. The topological polar surface area (TPSA) is 116 Å². The first kappa shape index (κ1) is 15.2. The summed E-state index contributed by atoms with van der Waals surface area (Å²) in [7, 11) is -1.87. The fraction of sp³-hybridized carbons (Fsp3) is 0.154. The Balaban J connectivity index is 2.11. The lowest BCUT2D eigenvalue weighted by atomic mass is 10.1. The fourth-order valence-electron chi connectivity index (χ4n) is 2.21. The minimum absolute atomic E-state index is 0.117. The number of hydrogen-bond donors (Lipinski definition) is 2. The first-order chi connectivity index (χ1) is 10.7. The predicted molar refractivity (Wildman–Crippen MR) is 84.6 cm³/mol. The molecule has 2 heterocycles. The Morgan fingerprint density at radius 1 is 1.35 bits per heavy atom. The number of nitrogens with zero attached hydrogens (tertiary/aromatic N) is 4. The van der Waals surface area contributed by atoms with Gasteiger partial charge >= 0.3 is 0 Å². The zero-order valence-corrected chi connectivity index (χ0v) is 13.1. The van der Waals surface area contributed by atoms with E-state index in [4.69, 9.17) is 5.73 Å². The van der Waals surface area contributed by atoms with Crippen molar-refractivity contribution in [1.82, 2.24) is 19.7 Å². The van der Waals surface area contributed by atoms with E-state index in [0.29, 0.717) is 22.3 Å². The normalized spacial score (nSPS) is 11.8. The monoisotopic (exact) mass is 336 g/mol. The molecule has 0 bridgehead atoms. The molecule has 3 N–H and O–H groups in total. The van der Waals surface area contributed by atoms with Crippen molar-refractivity contribution >= 4 is 32.7 Å². The number of aryl methyl sites for hydroxylation is 1. The van der Waals surface area contributed by atoms with E-state index in [9.17, 15) is 12.8 Å². The number of nitrogens with two attached hydrogens (primary N) is 1. The lowest BCUT2D eigenvalue weighted by Crippen LogP contribution is -2.10. The number of hydrogen-bond acceptors (Lipinski definition) is 6. The van der Waals surface area contributed by atoms with Gasteiger partial charge in [-0.25, -0.2) is 22.5 Å². The minimum Gasteiger partial charge on any atom is -0.368 e. The van der Waals surface area contributed by atoms with E-state index in [0.717, 1.165) is 6.26 Å². The van der Waals surface area contributed by atoms with E-state index in [2.05, 4.69) is 19.8 Å². The molecule has 0 spiro atoms. The number of benzene rings is 1. The second-order valence-corrected chi connectivity index (χ2v) is 6.76. The molecule has 8 nitrogen and oxygen atoms in total. The molecular formula is C13H13FN6O2S. The second kappa shape index (κ2) is 5.16. The van der Waals surface area contributed by atoms with Gasteiger partial charge in [-0.1, -0.05) is 6.07 Å². The summed E-state index contributed by atoms with van der Waals surface area (Å²) in [5, 5.41) is 4.92. The number of nitrogens with one attached hydrogen (secondary N) is 1. The number of nitrogen functional groups attached to an aromatic ring is 1. The Morgan fingerprint density at radius 3 is 2.74 bits per heavy atom. The highest BCUT2D eigenvalue weighted by atomic mass is 32.2. The highest BCUT2D eigenvalue weighted by Crippen LogP contribution is 2.29. The summed E-state index contributed by atoms with van der Waals surface area (Å²) in [6, 6.07) is 4.10. The molecule has 10 heteroatoms. The summed E-state index contributed by atoms with van der Waals surface area (Å²) in [5.41, 5.74) is 6.90. The van der Waals surface area contributed by atoms with Crippen LogP contribution in [-0.4, -0.2) is 34.4 Å². The molecule has 3 aromatic rings. The lowest BCUT2D eigenvalue weighted by Gasteiger charge is -2.06. The summed E-state index contributed by atoms with van der Waals surface area (Å²) in [6.07, 6.45) is 2.47. The maximum atomic E-state index is 14.1. The van der Waals surface area contributed by atoms with Crippen LogP contribution in [0.15, 0.2) is 24.4 Å². The molecule has 0 saturated carbocycles. The summed E-state index contributed by atoms with van der Waals surface area (Å²) in [4.78, 5) is 8.01. The molecule has 0 aliphatic heterocycles. The van der Waals surface area contributed by atoms with Crippen LogP contribution in [0.25, 0.3) is 22.3 Å². The molecule has 0 radical (unpaired) electrons. The van der Waals surface area contributed by atoms with Crippen molar-refractivity contribution in [3.05, 3.63) is 30.2 Å². The standard InChI is InChI=1S/C13H13FN6O2S/c1-20-12-8(6-16-13(15)17-12)11(18-20)7-3-4-10(9(14)5-7)19-23(2,21)22/h3-6,19H,1-2H3,(H2,15,16,17). The molecule has 0 fully saturated rings. The molecule has 23 heavy (non-hydrogen) atoms. The average molecular weight is 336 g/mol. The van der Waals surface area contributed by atoms with Crippen LogP contribution in [0.4, 0.5) is 16.0 Å². The first-order valence-corrected chi connectivity index (χ1v) is 8.36. The predicted octanol–water partition coefficient (Wildman–Crippen LogP) is 1.12. The zero-order valence-electron chi connectivity index (χ0n) is 12.3. The lowest BCUT2D eigenvalue weighted by molar-refractivity contribution is 0.604. The third kappa shape index (κ3) is 2.93. The average Bonchev–Trinajstić information content (AvgIpc) is 2.77. The Bertz CT molecular complexity index is 1010. The van der Waals surface area contributed by atoms with Crippen LogP contribution in [-0.2, 0) is 17.1 Å². The smallest absolute Gasteiger partial charge is 0.229 e. The van der Waals surface area contributed by atoms with Crippen molar-refractivity contribution < 1.29 is 12.8 Å². The van der Waals surface area contributed by atoms with Gasteiger partial charge < -0.3 is 5.73 Å². The Kier molecular flexibility index (Phi) is 3.40. The molecule has 0 aliphatic carbocycles. The van der Waals surface area contributed by atoms with Gasteiger partial charge in [-0.2, -0.15) is 10.1 Å². The van der Waals surface area contributed by atoms with Crippen molar-refractivity contribution in [2.75, 3.05) is 16.7 Å². The Hall–Kier alpha value is -2.75.